The molecule has 0 bridgehead atoms. The summed E-state index contributed by atoms with van der Waals surface area (Å²) in [7, 11) is -3.47. The van der Waals surface area contributed by atoms with E-state index in [-0.39, 0.29) is 29.3 Å². The van der Waals surface area contributed by atoms with Gasteiger partial charge in [-0.2, -0.15) is 4.31 Å². The normalized spacial score (nSPS) is 22.8. The van der Waals surface area contributed by atoms with E-state index in [1.165, 1.54) is 0 Å². The molecule has 0 aromatic heterocycles. The summed E-state index contributed by atoms with van der Waals surface area (Å²) < 4.78 is 32.3. The number of nitrogens with zero attached hydrogens (tertiary/aromatic N) is 1. The third-order valence-corrected chi connectivity index (χ3v) is 5.64. The van der Waals surface area contributed by atoms with Crippen molar-refractivity contribution in [2.45, 2.75) is 31.2 Å². The van der Waals surface area contributed by atoms with Gasteiger partial charge in [0.15, 0.2) is 0 Å². The van der Waals surface area contributed by atoms with Crippen LogP contribution < -0.4 is 10.5 Å². The first kappa shape index (κ1) is 18.2. The van der Waals surface area contributed by atoms with E-state index in [2.05, 4.69) is 0 Å². The smallest absolute Gasteiger partial charge is 0.243 e. The minimum Gasteiger partial charge on any atom is -0.494 e. The molecule has 2 atom stereocenters. The third-order valence-electron chi connectivity index (χ3n) is 3.66. The van der Waals surface area contributed by atoms with Crippen LogP contribution >= 0.6 is 12.4 Å². The Balaban J connectivity index is 0.00000220. The van der Waals surface area contributed by atoms with Gasteiger partial charge in [0, 0.05) is 18.7 Å². The molecule has 0 amide bonds. The average molecular weight is 335 g/mol. The SMILES string of the molecule is CCOc1cccc(S(=O)(=O)N2CC(CN)CC2C)c1.Cl. The Bertz CT molecular complexity index is 565. The molecule has 1 aromatic carbocycles. The molecule has 0 radical (unpaired) electrons. The van der Waals surface area contributed by atoms with Crippen LogP contribution in [0.4, 0.5) is 0 Å². The van der Waals surface area contributed by atoms with Crippen molar-refractivity contribution in [3.8, 4) is 5.75 Å². The van der Waals surface area contributed by atoms with Gasteiger partial charge in [0.1, 0.15) is 5.75 Å². The summed E-state index contributed by atoms with van der Waals surface area (Å²) in [4.78, 5) is 0.285. The number of ether oxygens (including phenoxy) is 1. The first-order chi connectivity index (χ1) is 9.48. The lowest BCUT2D eigenvalue weighted by molar-refractivity contribution is 0.339. The summed E-state index contributed by atoms with van der Waals surface area (Å²) in [6, 6.07) is 6.66. The zero-order chi connectivity index (χ0) is 14.8. The number of benzene rings is 1. The molecule has 0 saturated carbocycles. The van der Waals surface area contributed by atoms with E-state index in [0.29, 0.717) is 25.4 Å². The summed E-state index contributed by atoms with van der Waals surface area (Å²) in [5.74, 6) is 0.825. The van der Waals surface area contributed by atoms with Crippen molar-refractivity contribution in [2.24, 2.45) is 11.7 Å². The topological polar surface area (TPSA) is 72.6 Å². The van der Waals surface area contributed by atoms with E-state index in [4.69, 9.17) is 10.5 Å². The summed E-state index contributed by atoms with van der Waals surface area (Å²) in [6.07, 6.45) is 0.820. The lowest BCUT2D eigenvalue weighted by Gasteiger charge is -2.21. The molecule has 2 N–H and O–H groups in total. The molecular weight excluding hydrogens is 312 g/mol. The summed E-state index contributed by atoms with van der Waals surface area (Å²) in [5, 5.41) is 0. The molecule has 1 fully saturated rings. The Morgan fingerprint density at radius 3 is 2.71 bits per heavy atom. The molecule has 120 valence electrons. The molecule has 21 heavy (non-hydrogen) atoms. The standard InChI is InChI=1S/C14H22N2O3S.ClH/c1-3-19-13-5-4-6-14(8-13)20(17,18)16-10-12(9-15)7-11(16)2;/h4-6,8,11-12H,3,7,9-10,15H2,1-2H3;1H. The first-order valence-electron chi connectivity index (χ1n) is 6.93. The monoisotopic (exact) mass is 334 g/mol. The van der Waals surface area contributed by atoms with Crippen LogP contribution in [0.3, 0.4) is 0 Å². The van der Waals surface area contributed by atoms with E-state index < -0.39 is 10.0 Å². The van der Waals surface area contributed by atoms with E-state index in [1.54, 1.807) is 28.6 Å². The highest BCUT2D eigenvalue weighted by Gasteiger charge is 2.37. The van der Waals surface area contributed by atoms with Crippen LogP contribution in [-0.2, 0) is 10.0 Å². The molecule has 1 aliphatic heterocycles. The van der Waals surface area contributed by atoms with Crippen molar-refractivity contribution in [1.82, 2.24) is 4.31 Å². The lowest BCUT2D eigenvalue weighted by Crippen LogP contribution is -2.34. The average Bonchev–Trinajstić information content (AvgIpc) is 2.81. The Hall–Kier alpha value is -0.820. The second-order valence-electron chi connectivity index (χ2n) is 5.17. The predicted octanol–water partition coefficient (Wildman–Crippen LogP) is 1.86. The largest absolute Gasteiger partial charge is 0.494 e. The minimum atomic E-state index is -3.47. The quantitative estimate of drug-likeness (QED) is 0.892. The number of hydrogen-bond acceptors (Lipinski definition) is 4. The van der Waals surface area contributed by atoms with Crippen molar-refractivity contribution >= 4 is 22.4 Å². The van der Waals surface area contributed by atoms with E-state index in [0.717, 1.165) is 6.42 Å². The highest BCUT2D eigenvalue weighted by molar-refractivity contribution is 7.89. The van der Waals surface area contributed by atoms with Gasteiger partial charge in [-0.05, 0) is 44.9 Å². The van der Waals surface area contributed by atoms with Crippen LogP contribution in [0, 0.1) is 5.92 Å². The van der Waals surface area contributed by atoms with Crippen molar-refractivity contribution in [3.05, 3.63) is 24.3 Å². The fraction of sp³-hybridized carbons (Fsp3) is 0.571. The Labute approximate surface area is 132 Å². The molecule has 7 heteroatoms. The second kappa shape index (κ2) is 7.45. The number of sulfonamides is 1. The van der Waals surface area contributed by atoms with Gasteiger partial charge in [0.05, 0.1) is 11.5 Å². The molecule has 1 saturated heterocycles. The molecule has 5 nitrogen and oxygen atoms in total. The highest BCUT2D eigenvalue weighted by atomic mass is 35.5. The first-order valence-corrected chi connectivity index (χ1v) is 8.37. The van der Waals surface area contributed by atoms with Gasteiger partial charge in [-0.25, -0.2) is 8.42 Å². The van der Waals surface area contributed by atoms with Gasteiger partial charge in [0.2, 0.25) is 10.0 Å². The maximum absolute atomic E-state index is 12.7. The molecule has 0 spiro atoms. The van der Waals surface area contributed by atoms with E-state index in [1.807, 2.05) is 13.8 Å². The molecule has 0 aliphatic carbocycles. The van der Waals surface area contributed by atoms with Crippen LogP contribution in [-0.4, -0.2) is 38.5 Å². The number of hydrogen-bond donors (Lipinski definition) is 1. The van der Waals surface area contributed by atoms with Crippen LogP contribution in [0.2, 0.25) is 0 Å². The van der Waals surface area contributed by atoms with Gasteiger partial charge in [-0.3, -0.25) is 0 Å². The maximum Gasteiger partial charge on any atom is 0.243 e. The van der Waals surface area contributed by atoms with Gasteiger partial charge in [-0.1, -0.05) is 6.07 Å². The molecular formula is C14H23ClN2O3S. The highest BCUT2D eigenvalue weighted by Crippen LogP contribution is 2.30. The third kappa shape index (κ3) is 3.88. The predicted molar refractivity (Wildman–Crippen MR) is 85.4 cm³/mol. The molecule has 1 heterocycles. The van der Waals surface area contributed by atoms with Crippen molar-refractivity contribution in [1.29, 1.82) is 0 Å². The van der Waals surface area contributed by atoms with Crippen LogP contribution in [0.15, 0.2) is 29.2 Å². The minimum absolute atomic E-state index is 0. The van der Waals surface area contributed by atoms with Gasteiger partial charge in [-0.15, -0.1) is 12.4 Å². The zero-order valence-electron chi connectivity index (χ0n) is 12.4. The Morgan fingerprint density at radius 2 is 2.14 bits per heavy atom. The van der Waals surface area contributed by atoms with Crippen LogP contribution in [0.25, 0.3) is 0 Å². The fourth-order valence-electron chi connectivity index (χ4n) is 2.64. The summed E-state index contributed by atoms with van der Waals surface area (Å²) in [6.45, 7) is 5.34. The van der Waals surface area contributed by atoms with Gasteiger partial charge < -0.3 is 10.5 Å². The fourth-order valence-corrected chi connectivity index (χ4v) is 4.39. The second-order valence-corrected chi connectivity index (χ2v) is 7.06. The van der Waals surface area contributed by atoms with Crippen LogP contribution in [0.5, 0.6) is 5.75 Å². The van der Waals surface area contributed by atoms with Gasteiger partial charge >= 0.3 is 0 Å². The summed E-state index contributed by atoms with van der Waals surface area (Å²) in [5.41, 5.74) is 5.66. The zero-order valence-corrected chi connectivity index (χ0v) is 14.0. The number of rotatable bonds is 5. The van der Waals surface area contributed by atoms with Gasteiger partial charge in [0.25, 0.3) is 0 Å². The van der Waals surface area contributed by atoms with Crippen molar-refractivity contribution in [2.75, 3.05) is 19.7 Å². The maximum atomic E-state index is 12.7. The molecule has 1 aliphatic rings. The van der Waals surface area contributed by atoms with E-state index >= 15 is 0 Å². The Morgan fingerprint density at radius 1 is 1.43 bits per heavy atom. The van der Waals surface area contributed by atoms with Crippen molar-refractivity contribution in [3.63, 3.8) is 0 Å². The van der Waals surface area contributed by atoms with Crippen molar-refractivity contribution < 1.29 is 13.2 Å². The number of nitrogens with two attached hydrogens (primary N) is 1. The molecule has 2 rings (SSSR count). The van der Waals surface area contributed by atoms with E-state index in [9.17, 15) is 8.42 Å². The number of halogens is 1. The lowest BCUT2D eigenvalue weighted by atomic mass is 10.1. The molecule has 1 aromatic rings. The summed E-state index contributed by atoms with van der Waals surface area (Å²) >= 11 is 0. The Kier molecular flexibility index (Phi) is 6.46. The molecule has 2 unspecified atom stereocenters. The van der Waals surface area contributed by atoms with Crippen LogP contribution in [0.1, 0.15) is 20.3 Å².